The average molecular weight is 219 g/mol. The van der Waals surface area contributed by atoms with Crippen LogP contribution in [0.25, 0.3) is 0 Å². The second-order valence-corrected chi connectivity index (χ2v) is 11.3. The molecule has 70 valence electrons. The average Bonchev–Trinajstić information content (AvgIpc) is 1.93. The van der Waals surface area contributed by atoms with Crippen LogP contribution in [0.2, 0.25) is 15.8 Å². The second-order valence-electron chi connectivity index (χ2n) is 2.50. The van der Waals surface area contributed by atoms with E-state index in [1.807, 2.05) is 6.92 Å². The predicted molar refractivity (Wildman–Crippen MR) is 61.2 cm³/mol. The van der Waals surface area contributed by atoms with Crippen LogP contribution in [0.5, 0.6) is 0 Å². The van der Waals surface area contributed by atoms with Crippen molar-refractivity contribution in [2.45, 2.75) is 50.9 Å². The minimum absolute atomic E-state index is 0. The fourth-order valence-electron chi connectivity index (χ4n) is 0.866. The predicted octanol–water partition coefficient (Wildman–Crippen LogP) is 4.10. The molecule has 11 heavy (non-hydrogen) atoms. The molecule has 0 bridgehead atoms. The Morgan fingerprint density at radius 3 is 1.27 bits per heavy atom. The molecule has 0 aliphatic heterocycles. The van der Waals surface area contributed by atoms with Gasteiger partial charge in [-0.05, 0) is 6.92 Å². The third kappa shape index (κ3) is 17.9. The molecule has 0 radical (unpaired) electrons. The van der Waals surface area contributed by atoms with Gasteiger partial charge in [0, 0.05) is 0 Å². The van der Waals surface area contributed by atoms with Crippen molar-refractivity contribution in [1.82, 2.24) is 0 Å². The molecule has 0 aromatic rings. The van der Waals surface area contributed by atoms with E-state index < -0.39 is 14.3 Å². The van der Waals surface area contributed by atoms with Crippen molar-refractivity contribution >= 4 is 14.3 Å². The quantitative estimate of drug-likeness (QED) is 0.495. The molecule has 0 aromatic heterocycles. The third-order valence-corrected chi connectivity index (χ3v) is 9.00. The first-order valence-corrected chi connectivity index (χ1v) is 9.47. The summed E-state index contributed by atoms with van der Waals surface area (Å²) in [6.45, 7) is 12.3. The fourth-order valence-corrected chi connectivity index (χ4v) is 4.50. The van der Waals surface area contributed by atoms with E-state index in [9.17, 15) is 0 Å². The van der Waals surface area contributed by atoms with Gasteiger partial charge in [-0.1, -0.05) is 13.5 Å². The topological polar surface area (TPSA) is 0 Å². The Morgan fingerprint density at radius 1 is 1.09 bits per heavy atom. The monoisotopic (exact) mass is 220 g/mol. The van der Waals surface area contributed by atoms with Gasteiger partial charge in [-0.3, -0.25) is 0 Å². The molecule has 0 amide bonds. The van der Waals surface area contributed by atoms with Crippen molar-refractivity contribution in [3.63, 3.8) is 0 Å². The van der Waals surface area contributed by atoms with Crippen molar-refractivity contribution in [3.05, 3.63) is 12.7 Å². The summed E-state index contributed by atoms with van der Waals surface area (Å²) >= 11 is -0.576. The Kier molecular flexibility index (Phi) is 26.4. The van der Waals surface area contributed by atoms with Crippen LogP contribution >= 0.6 is 0 Å². The van der Waals surface area contributed by atoms with E-state index in [0.717, 1.165) is 0 Å². The van der Waals surface area contributed by atoms with Crippen molar-refractivity contribution < 1.29 is 0 Å². The van der Waals surface area contributed by atoms with Gasteiger partial charge in [-0.25, -0.2) is 0 Å². The first-order chi connectivity index (χ1) is 4.76. The first-order valence-electron chi connectivity index (χ1n) is 4.33. The molecule has 0 aromatic carbocycles. The normalized spacial score (nSPS) is 7.73. The summed E-state index contributed by atoms with van der Waals surface area (Å²) in [5.74, 6) is 0. The minimum atomic E-state index is -0.576. The van der Waals surface area contributed by atoms with Crippen LogP contribution in [0.3, 0.4) is 0 Å². The van der Waals surface area contributed by atoms with Gasteiger partial charge in [-0.2, -0.15) is 0 Å². The molecule has 0 saturated carbocycles. The van der Waals surface area contributed by atoms with Crippen molar-refractivity contribution in [3.8, 4) is 0 Å². The standard InChI is InChI=1S/C6H16Ge.C3H6.CH4/c1-4-7(5-2)6-3;1-3-2;/h7H,4-6H2,1-3H3;3H,1H2,2H3;1H4. The van der Waals surface area contributed by atoms with E-state index in [-0.39, 0.29) is 7.43 Å². The van der Waals surface area contributed by atoms with Crippen molar-refractivity contribution in [1.29, 1.82) is 0 Å². The van der Waals surface area contributed by atoms with E-state index >= 15 is 0 Å². The zero-order valence-electron chi connectivity index (χ0n) is 7.98. The molecule has 0 heterocycles. The number of hydrogen-bond acceptors (Lipinski definition) is 0. The summed E-state index contributed by atoms with van der Waals surface area (Å²) in [7, 11) is 0. The Balaban J connectivity index is -0.000000140. The number of rotatable bonds is 3. The van der Waals surface area contributed by atoms with Crippen LogP contribution in [0.15, 0.2) is 12.7 Å². The van der Waals surface area contributed by atoms with Gasteiger partial charge in [0.1, 0.15) is 0 Å². The molecule has 0 atom stereocenters. The summed E-state index contributed by atoms with van der Waals surface area (Å²) in [5.41, 5.74) is 0. The number of allylic oxidation sites excluding steroid dienone is 1. The van der Waals surface area contributed by atoms with E-state index in [2.05, 4.69) is 27.4 Å². The Labute approximate surface area is 78.2 Å². The summed E-state index contributed by atoms with van der Waals surface area (Å²) in [5, 5.41) is 4.62. The van der Waals surface area contributed by atoms with E-state index in [1.165, 1.54) is 0 Å². The molecule has 0 aliphatic carbocycles. The molecule has 0 aliphatic rings. The van der Waals surface area contributed by atoms with Gasteiger partial charge in [0.05, 0.1) is 0 Å². The van der Waals surface area contributed by atoms with Crippen LogP contribution in [-0.4, -0.2) is 14.3 Å². The second kappa shape index (κ2) is 16.7. The summed E-state index contributed by atoms with van der Waals surface area (Å²) < 4.78 is 0. The molecule has 0 spiro atoms. The third-order valence-electron chi connectivity index (χ3n) is 1.73. The Morgan fingerprint density at radius 2 is 1.27 bits per heavy atom. The number of hydrogen-bond donors (Lipinski definition) is 0. The maximum absolute atomic E-state index is 3.36. The van der Waals surface area contributed by atoms with E-state index in [1.54, 1.807) is 21.8 Å². The van der Waals surface area contributed by atoms with Gasteiger partial charge >= 0.3 is 50.9 Å². The van der Waals surface area contributed by atoms with E-state index in [0.29, 0.717) is 0 Å². The van der Waals surface area contributed by atoms with Gasteiger partial charge in [0.25, 0.3) is 0 Å². The van der Waals surface area contributed by atoms with Crippen LogP contribution < -0.4 is 0 Å². The van der Waals surface area contributed by atoms with Gasteiger partial charge in [0.15, 0.2) is 0 Å². The van der Waals surface area contributed by atoms with Crippen molar-refractivity contribution in [2.75, 3.05) is 0 Å². The first kappa shape index (κ1) is 17.4. The Hall–Kier alpha value is 0.283. The molecule has 0 saturated heterocycles. The molecule has 0 unspecified atom stereocenters. The van der Waals surface area contributed by atoms with E-state index in [4.69, 9.17) is 0 Å². The molecular weight excluding hydrogens is 193 g/mol. The van der Waals surface area contributed by atoms with Gasteiger partial charge < -0.3 is 0 Å². The molecule has 0 rings (SSSR count). The molecule has 1 heteroatoms. The van der Waals surface area contributed by atoms with Crippen LogP contribution in [0, 0.1) is 0 Å². The van der Waals surface area contributed by atoms with Crippen LogP contribution in [-0.2, 0) is 0 Å². The molecule has 0 fully saturated rings. The van der Waals surface area contributed by atoms with Gasteiger partial charge in [-0.15, -0.1) is 6.58 Å². The summed E-state index contributed by atoms with van der Waals surface area (Å²) in [6.07, 6.45) is 1.75. The summed E-state index contributed by atoms with van der Waals surface area (Å²) in [6, 6.07) is 0. The Bertz CT molecular complexity index is 50.4. The maximum atomic E-state index is 3.36. The van der Waals surface area contributed by atoms with Crippen LogP contribution in [0.1, 0.15) is 35.1 Å². The van der Waals surface area contributed by atoms with Crippen LogP contribution in [0.4, 0.5) is 0 Å². The van der Waals surface area contributed by atoms with Gasteiger partial charge in [0.2, 0.25) is 0 Å². The summed E-state index contributed by atoms with van der Waals surface area (Å²) in [4.78, 5) is 0. The zero-order chi connectivity index (χ0) is 8.41. The molecular formula is C10H26Ge. The zero-order valence-corrected chi connectivity index (χ0v) is 10.4. The molecule has 0 N–H and O–H groups in total. The molecule has 0 nitrogen and oxygen atoms in total. The fraction of sp³-hybridized carbons (Fsp3) is 0.800. The van der Waals surface area contributed by atoms with Crippen molar-refractivity contribution in [2.24, 2.45) is 0 Å². The SMILES string of the molecule is C.C=CC.C[CH2][GeH]([CH2]C)[CH2]C.